The first-order valence-electron chi connectivity index (χ1n) is 11.2. The molecule has 0 radical (unpaired) electrons. The molecule has 1 saturated heterocycles. The van der Waals surface area contributed by atoms with Crippen molar-refractivity contribution in [1.29, 1.82) is 0 Å². The van der Waals surface area contributed by atoms with Crippen LogP contribution >= 0.6 is 0 Å². The van der Waals surface area contributed by atoms with Crippen molar-refractivity contribution in [1.82, 2.24) is 19.8 Å². The molecular formula is C24H27F3N4O5. The van der Waals surface area contributed by atoms with Gasteiger partial charge in [-0.25, -0.2) is 9.59 Å². The predicted octanol–water partition coefficient (Wildman–Crippen LogP) is 3.04. The Morgan fingerprint density at radius 1 is 1.11 bits per heavy atom. The van der Waals surface area contributed by atoms with E-state index in [9.17, 15) is 22.8 Å². The zero-order valence-electron chi connectivity index (χ0n) is 19.5. The second-order valence-corrected chi connectivity index (χ2v) is 8.15. The summed E-state index contributed by atoms with van der Waals surface area (Å²) < 4.78 is 38.9. The van der Waals surface area contributed by atoms with Crippen LogP contribution in [-0.2, 0) is 4.79 Å². The number of methoxy groups -OCH3 is 1. The van der Waals surface area contributed by atoms with E-state index >= 15 is 0 Å². The van der Waals surface area contributed by atoms with Gasteiger partial charge in [0.1, 0.15) is 5.75 Å². The van der Waals surface area contributed by atoms with E-state index in [1.165, 1.54) is 0 Å². The molecule has 2 heterocycles. The average molecular weight is 508 g/mol. The quantitative estimate of drug-likeness (QED) is 0.471. The summed E-state index contributed by atoms with van der Waals surface area (Å²) in [6, 6.07) is 15.3. The number of ether oxygens (including phenoxy) is 1. The van der Waals surface area contributed by atoms with Crippen molar-refractivity contribution in [2.24, 2.45) is 0 Å². The Hall–Kier alpha value is -3.80. The number of rotatable bonds is 6. The Morgan fingerprint density at radius 2 is 1.72 bits per heavy atom. The van der Waals surface area contributed by atoms with Gasteiger partial charge in [-0.2, -0.15) is 13.2 Å². The highest BCUT2D eigenvalue weighted by molar-refractivity contribution is 5.96. The normalized spacial score (nSPS) is 14.7. The summed E-state index contributed by atoms with van der Waals surface area (Å²) in [6.45, 7) is 3.17. The van der Waals surface area contributed by atoms with Crippen LogP contribution in [0, 0.1) is 0 Å². The molecule has 194 valence electrons. The van der Waals surface area contributed by atoms with Crippen LogP contribution in [0.3, 0.4) is 0 Å². The van der Waals surface area contributed by atoms with Crippen molar-refractivity contribution >= 4 is 22.9 Å². The molecule has 2 aromatic carbocycles. The van der Waals surface area contributed by atoms with Gasteiger partial charge in [0.25, 0.3) is 5.91 Å². The number of para-hydroxylation sites is 3. The number of fused-ring (bicyclic) bond motifs is 1. The number of carboxylic acid groups (broad SMARTS) is 1. The van der Waals surface area contributed by atoms with E-state index in [2.05, 4.69) is 15.2 Å². The van der Waals surface area contributed by atoms with Crippen molar-refractivity contribution in [2.75, 3.05) is 33.3 Å². The molecule has 0 unspecified atom stereocenters. The number of halogens is 3. The minimum absolute atomic E-state index is 0.0336. The number of nitrogens with zero attached hydrogens (tertiary/aromatic N) is 2. The summed E-state index contributed by atoms with van der Waals surface area (Å²) >= 11 is 0. The Balaban J connectivity index is 0.000000454. The molecule has 0 atom stereocenters. The molecule has 1 amide bonds. The number of amides is 1. The lowest BCUT2D eigenvalue weighted by atomic mass is 10.0. The van der Waals surface area contributed by atoms with Crippen LogP contribution in [0.1, 0.15) is 29.2 Å². The van der Waals surface area contributed by atoms with E-state index in [0.29, 0.717) is 17.9 Å². The van der Waals surface area contributed by atoms with Crippen LogP contribution in [0.2, 0.25) is 0 Å². The van der Waals surface area contributed by atoms with Crippen molar-refractivity contribution in [3.63, 3.8) is 0 Å². The van der Waals surface area contributed by atoms with Gasteiger partial charge in [0, 0.05) is 32.2 Å². The number of aliphatic carboxylic acids is 1. The smallest absolute Gasteiger partial charge is 0.490 e. The fraction of sp³-hybridized carbons (Fsp3) is 0.375. The first-order chi connectivity index (χ1) is 17.1. The highest BCUT2D eigenvalue weighted by Gasteiger charge is 2.38. The number of carbonyl (C=O) groups is 2. The number of imidazole rings is 1. The highest BCUT2D eigenvalue weighted by atomic mass is 19.4. The molecule has 0 spiro atoms. The number of aromatic amines is 1. The van der Waals surface area contributed by atoms with Crippen molar-refractivity contribution in [3.05, 3.63) is 64.6 Å². The van der Waals surface area contributed by atoms with Crippen LogP contribution in [0.15, 0.2) is 53.3 Å². The zero-order valence-corrected chi connectivity index (χ0v) is 19.5. The van der Waals surface area contributed by atoms with Gasteiger partial charge in [0.15, 0.2) is 0 Å². The van der Waals surface area contributed by atoms with Crippen LogP contribution in [0.25, 0.3) is 11.0 Å². The number of benzene rings is 2. The fourth-order valence-corrected chi connectivity index (χ4v) is 4.09. The van der Waals surface area contributed by atoms with Gasteiger partial charge >= 0.3 is 17.8 Å². The minimum Gasteiger partial charge on any atom is -0.496 e. The number of carbonyl (C=O) groups excluding carboxylic acids is 1. The number of carboxylic acids is 1. The molecule has 0 bridgehead atoms. The lowest BCUT2D eigenvalue weighted by Gasteiger charge is -2.32. The monoisotopic (exact) mass is 508 g/mol. The van der Waals surface area contributed by atoms with E-state index in [-0.39, 0.29) is 17.6 Å². The minimum atomic E-state index is -5.08. The van der Waals surface area contributed by atoms with Gasteiger partial charge in [-0.1, -0.05) is 24.3 Å². The standard InChI is InChI=1S/C22H26N4O3.C2HF3O2/c1-29-20-9-5-2-6-17(20)21(27)23-12-15-25-13-10-16(11-14-25)26-19-8-4-3-7-18(19)24-22(26)28;3-2(4,5)1(6)7/h2-9,16H,10-15H2,1H3,(H,23,27)(H,24,28);(H,6,7). The maximum atomic E-state index is 12.4. The summed E-state index contributed by atoms with van der Waals surface area (Å²) in [5.41, 5.74) is 2.38. The Bertz CT molecular complexity index is 1250. The van der Waals surface area contributed by atoms with E-state index in [1.54, 1.807) is 19.2 Å². The summed E-state index contributed by atoms with van der Waals surface area (Å²) in [7, 11) is 1.56. The number of hydrogen-bond acceptors (Lipinski definition) is 5. The molecule has 3 N–H and O–H groups in total. The predicted molar refractivity (Wildman–Crippen MR) is 126 cm³/mol. The second kappa shape index (κ2) is 11.8. The van der Waals surface area contributed by atoms with E-state index in [1.807, 2.05) is 41.0 Å². The molecule has 36 heavy (non-hydrogen) atoms. The summed E-state index contributed by atoms with van der Waals surface area (Å²) in [4.78, 5) is 38.9. The van der Waals surface area contributed by atoms with E-state index < -0.39 is 12.1 Å². The lowest BCUT2D eigenvalue weighted by Crippen LogP contribution is -2.41. The Morgan fingerprint density at radius 3 is 2.36 bits per heavy atom. The summed E-state index contributed by atoms with van der Waals surface area (Å²) in [5.74, 6) is -2.30. The van der Waals surface area contributed by atoms with Crippen LogP contribution < -0.4 is 15.7 Å². The summed E-state index contributed by atoms with van der Waals surface area (Å²) in [6.07, 6.45) is -3.25. The topological polar surface area (TPSA) is 117 Å². The van der Waals surface area contributed by atoms with Crippen LogP contribution in [-0.4, -0.2) is 70.9 Å². The molecule has 1 fully saturated rings. The van der Waals surface area contributed by atoms with E-state index in [0.717, 1.165) is 43.5 Å². The maximum Gasteiger partial charge on any atom is 0.490 e. The number of likely N-dealkylation sites (tertiary alicyclic amines) is 1. The van der Waals surface area contributed by atoms with Gasteiger partial charge < -0.3 is 25.0 Å². The van der Waals surface area contributed by atoms with Crippen molar-refractivity contribution < 1.29 is 32.6 Å². The van der Waals surface area contributed by atoms with Gasteiger partial charge in [0.2, 0.25) is 0 Å². The van der Waals surface area contributed by atoms with E-state index in [4.69, 9.17) is 14.6 Å². The second-order valence-electron chi connectivity index (χ2n) is 8.15. The van der Waals surface area contributed by atoms with Crippen LogP contribution in [0.5, 0.6) is 5.75 Å². The van der Waals surface area contributed by atoms with Gasteiger partial charge in [0.05, 0.1) is 23.7 Å². The molecule has 3 aromatic rings. The molecule has 1 aliphatic rings. The molecular weight excluding hydrogens is 481 g/mol. The first-order valence-corrected chi connectivity index (χ1v) is 11.2. The molecule has 9 nitrogen and oxygen atoms in total. The zero-order chi connectivity index (χ0) is 26.3. The number of aromatic nitrogens is 2. The average Bonchev–Trinajstić information content (AvgIpc) is 3.19. The fourth-order valence-electron chi connectivity index (χ4n) is 4.09. The maximum absolute atomic E-state index is 12.4. The lowest BCUT2D eigenvalue weighted by molar-refractivity contribution is -0.192. The number of H-pyrrole nitrogens is 1. The van der Waals surface area contributed by atoms with Crippen molar-refractivity contribution in [3.8, 4) is 5.75 Å². The molecule has 4 rings (SSSR count). The Kier molecular flexibility index (Phi) is 8.75. The first kappa shape index (κ1) is 26.8. The van der Waals surface area contributed by atoms with Gasteiger partial charge in [-0.05, 0) is 37.1 Å². The third-order valence-electron chi connectivity index (χ3n) is 5.85. The van der Waals surface area contributed by atoms with Gasteiger partial charge in [-0.15, -0.1) is 0 Å². The largest absolute Gasteiger partial charge is 0.496 e. The molecule has 1 aliphatic heterocycles. The van der Waals surface area contributed by atoms with Crippen LogP contribution in [0.4, 0.5) is 13.2 Å². The highest BCUT2D eigenvalue weighted by Crippen LogP contribution is 2.24. The Labute approximate surface area is 204 Å². The number of alkyl halides is 3. The molecule has 0 aliphatic carbocycles. The molecule has 0 saturated carbocycles. The van der Waals surface area contributed by atoms with Crippen molar-refractivity contribution in [2.45, 2.75) is 25.1 Å². The third kappa shape index (κ3) is 6.66. The SMILES string of the molecule is COc1ccccc1C(=O)NCCN1CCC(n2c(=O)[nH]c3ccccc32)CC1.O=C(O)C(F)(F)F. The van der Waals surface area contributed by atoms with Gasteiger partial charge in [-0.3, -0.25) is 9.36 Å². The molecule has 1 aromatic heterocycles. The number of hydrogen-bond donors (Lipinski definition) is 3. The third-order valence-corrected chi connectivity index (χ3v) is 5.85. The number of nitrogens with one attached hydrogen (secondary N) is 2. The number of piperidine rings is 1. The summed E-state index contributed by atoms with van der Waals surface area (Å²) in [5, 5.41) is 10.1. The molecule has 12 heteroatoms.